The van der Waals surface area contributed by atoms with Gasteiger partial charge in [0, 0.05) is 6.04 Å². The smallest absolute Gasteiger partial charge is 0.124 e. The Bertz CT molecular complexity index is 447. The van der Waals surface area contributed by atoms with E-state index in [2.05, 4.69) is 44.3 Å². The summed E-state index contributed by atoms with van der Waals surface area (Å²) in [5.41, 5.74) is 2.43. The average Bonchev–Trinajstić information content (AvgIpc) is 2.66. The second-order valence-electron chi connectivity index (χ2n) is 6.17. The Morgan fingerprint density at radius 1 is 1.29 bits per heavy atom. The first-order valence-electron chi connectivity index (χ1n) is 8.30. The summed E-state index contributed by atoms with van der Waals surface area (Å²) in [7, 11) is 0. The molecule has 1 aromatic carbocycles. The summed E-state index contributed by atoms with van der Waals surface area (Å²) in [4.78, 5) is 0. The third kappa shape index (κ3) is 4.45. The third-order valence-corrected chi connectivity index (χ3v) is 4.41. The van der Waals surface area contributed by atoms with E-state index in [4.69, 9.17) is 4.74 Å². The summed E-state index contributed by atoms with van der Waals surface area (Å²) in [6.45, 7) is 7.34. The molecule has 1 saturated carbocycles. The van der Waals surface area contributed by atoms with Crippen LogP contribution >= 0.6 is 0 Å². The van der Waals surface area contributed by atoms with Crippen LogP contribution in [0.3, 0.4) is 0 Å². The van der Waals surface area contributed by atoms with Gasteiger partial charge in [-0.2, -0.15) is 0 Å². The second kappa shape index (κ2) is 7.81. The third-order valence-electron chi connectivity index (χ3n) is 4.41. The Morgan fingerprint density at radius 2 is 2.05 bits per heavy atom. The van der Waals surface area contributed by atoms with E-state index < -0.39 is 0 Å². The van der Waals surface area contributed by atoms with Gasteiger partial charge in [-0.25, -0.2) is 0 Å². The van der Waals surface area contributed by atoms with E-state index in [1.54, 1.807) is 0 Å². The largest absolute Gasteiger partial charge is 0.487 e. The fourth-order valence-electron chi connectivity index (χ4n) is 3.05. The van der Waals surface area contributed by atoms with Crippen molar-refractivity contribution in [3.63, 3.8) is 0 Å². The number of aliphatic hydroxyl groups is 1. The van der Waals surface area contributed by atoms with Gasteiger partial charge in [-0.15, -0.1) is 0 Å². The lowest BCUT2D eigenvalue weighted by molar-refractivity contribution is 0.0316. The lowest BCUT2D eigenvalue weighted by Crippen LogP contribution is -2.30. The highest BCUT2D eigenvalue weighted by atomic mass is 16.5. The molecule has 1 aliphatic carbocycles. The summed E-state index contributed by atoms with van der Waals surface area (Å²) in [5, 5.41) is 13.6. The minimum Gasteiger partial charge on any atom is -0.487 e. The Labute approximate surface area is 128 Å². The van der Waals surface area contributed by atoms with E-state index in [-0.39, 0.29) is 12.2 Å². The maximum atomic E-state index is 10.2. The molecule has 3 nitrogen and oxygen atoms in total. The molecule has 0 spiro atoms. The SMILES string of the molecule is CCNC(C)c1ccc(OC2CCCCCC2O)c(C)c1. The Balaban J connectivity index is 2.06. The molecule has 0 radical (unpaired) electrons. The molecule has 0 heterocycles. The topological polar surface area (TPSA) is 41.5 Å². The van der Waals surface area contributed by atoms with Gasteiger partial charge in [0.05, 0.1) is 6.10 Å². The zero-order chi connectivity index (χ0) is 15.2. The Hall–Kier alpha value is -1.06. The van der Waals surface area contributed by atoms with Crippen molar-refractivity contribution in [2.45, 2.75) is 71.1 Å². The van der Waals surface area contributed by atoms with Crippen LogP contribution < -0.4 is 10.1 Å². The minimum atomic E-state index is -0.327. The molecule has 3 unspecified atom stereocenters. The normalized spacial score (nSPS) is 24.4. The first kappa shape index (κ1) is 16.3. The molecule has 0 saturated heterocycles. The van der Waals surface area contributed by atoms with Crippen LogP contribution in [0.15, 0.2) is 18.2 Å². The molecule has 0 aliphatic heterocycles. The van der Waals surface area contributed by atoms with Gasteiger partial charge in [-0.05, 0) is 56.8 Å². The summed E-state index contributed by atoms with van der Waals surface area (Å²) in [5.74, 6) is 0.911. The highest BCUT2D eigenvalue weighted by molar-refractivity contribution is 5.37. The van der Waals surface area contributed by atoms with Gasteiger partial charge in [-0.1, -0.05) is 31.9 Å². The van der Waals surface area contributed by atoms with Crippen molar-refractivity contribution >= 4 is 0 Å². The molecular formula is C18H29NO2. The van der Waals surface area contributed by atoms with Crippen LogP contribution in [0.25, 0.3) is 0 Å². The van der Waals surface area contributed by atoms with Crippen molar-refractivity contribution in [1.82, 2.24) is 5.32 Å². The van der Waals surface area contributed by atoms with Crippen molar-refractivity contribution in [2.24, 2.45) is 0 Å². The van der Waals surface area contributed by atoms with E-state index in [0.29, 0.717) is 6.04 Å². The van der Waals surface area contributed by atoms with Gasteiger partial charge in [0.15, 0.2) is 0 Å². The number of nitrogens with one attached hydrogen (secondary N) is 1. The molecule has 2 N–H and O–H groups in total. The maximum Gasteiger partial charge on any atom is 0.124 e. The number of hydrogen-bond acceptors (Lipinski definition) is 3. The number of aryl methyl sites for hydroxylation is 1. The first-order valence-corrected chi connectivity index (χ1v) is 8.30. The maximum absolute atomic E-state index is 10.2. The Kier molecular flexibility index (Phi) is 6.07. The number of aliphatic hydroxyl groups excluding tert-OH is 1. The number of benzene rings is 1. The van der Waals surface area contributed by atoms with Gasteiger partial charge >= 0.3 is 0 Å². The van der Waals surface area contributed by atoms with Crippen LogP contribution in [0, 0.1) is 6.92 Å². The Morgan fingerprint density at radius 3 is 2.76 bits per heavy atom. The quantitative estimate of drug-likeness (QED) is 0.812. The summed E-state index contributed by atoms with van der Waals surface area (Å²) < 4.78 is 6.10. The number of hydrogen-bond donors (Lipinski definition) is 2. The molecule has 3 atom stereocenters. The second-order valence-corrected chi connectivity index (χ2v) is 6.17. The molecule has 21 heavy (non-hydrogen) atoms. The van der Waals surface area contributed by atoms with Crippen molar-refractivity contribution in [3.05, 3.63) is 29.3 Å². The van der Waals surface area contributed by atoms with Crippen molar-refractivity contribution in [2.75, 3.05) is 6.54 Å². The predicted octanol–water partition coefficient (Wildman–Crippen LogP) is 3.74. The highest BCUT2D eigenvalue weighted by Crippen LogP contribution is 2.27. The molecule has 0 amide bonds. The lowest BCUT2D eigenvalue weighted by atomic mass is 10.0. The van der Waals surface area contributed by atoms with Gasteiger partial charge in [0.25, 0.3) is 0 Å². The van der Waals surface area contributed by atoms with Crippen molar-refractivity contribution in [1.29, 1.82) is 0 Å². The molecule has 2 rings (SSSR count). The molecule has 1 aliphatic rings. The molecular weight excluding hydrogens is 262 g/mol. The molecule has 0 bridgehead atoms. The molecule has 118 valence electrons. The first-order chi connectivity index (χ1) is 10.1. The zero-order valence-electron chi connectivity index (χ0n) is 13.6. The minimum absolute atomic E-state index is 0.0526. The van der Waals surface area contributed by atoms with Crippen LogP contribution in [-0.2, 0) is 0 Å². The van der Waals surface area contributed by atoms with Gasteiger partial charge in [-0.3, -0.25) is 0 Å². The molecule has 1 fully saturated rings. The number of rotatable bonds is 5. The van der Waals surface area contributed by atoms with E-state index >= 15 is 0 Å². The highest BCUT2D eigenvalue weighted by Gasteiger charge is 2.23. The van der Waals surface area contributed by atoms with Gasteiger partial charge < -0.3 is 15.2 Å². The fraction of sp³-hybridized carbons (Fsp3) is 0.667. The van der Waals surface area contributed by atoms with E-state index in [9.17, 15) is 5.11 Å². The zero-order valence-corrected chi connectivity index (χ0v) is 13.6. The summed E-state index contributed by atoms with van der Waals surface area (Å²) >= 11 is 0. The van der Waals surface area contributed by atoms with Crippen molar-refractivity contribution < 1.29 is 9.84 Å². The van der Waals surface area contributed by atoms with E-state index in [0.717, 1.165) is 43.5 Å². The van der Waals surface area contributed by atoms with Crippen LogP contribution in [0.4, 0.5) is 0 Å². The number of ether oxygens (including phenoxy) is 1. The summed E-state index contributed by atoms with van der Waals surface area (Å²) in [6.07, 6.45) is 4.90. The average molecular weight is 291 g/mol. The molecule has 1 aromatic rings. The predicted molar refractivity (Wildman–Crippen MR) is 86.8 cm³/mol. The van der Waals surface area contributed by atoms with Gasteiger partial charge in [0.1, 0.15) is 11.9 Å². The van der Waals surface area contributed by atoms with Gasteiger partial charge in [0.2, 0.25) is 0 Å². The van der Waals surface area contributed by atoms with E-state index in [1.807, 2.05) is 0 Å². The molecule has 3 heteroatoms. The fourth-order valence-corrected chi connectivity index (χ4v) is 3.05. The summed E-state index contributed by atoms with van der Waals surface area (Å²) in [6, 6.07) is 6.71. The molecule has 0 aromatic heterocycles. The van der Waals surface area contributed by atoms with Crippen LogP contribution in [0.2, 0.25) is 0 Å². The monoisotopic (exact) mass is 291 g/mol. The van der Waals surface area contributed by atoms with Crippen LogP contribution in [0.5, 0.6) is 5.75 Å². The van der Waals surface area contributed by atoms with Crippen molar-refractivity contribution in [3.8, 4) is 5.75 Å². The standard InChI is InChI=1S/C18H29NO2/c1-4-19-14(3)15-10-11-17(13(2)12-15)21-18-9-7-5-6-8-16(18)20/h10-12,14,16,18-20H,4-9H2,1-3H3. The van der Waals surface area contributed by atoms with Crippen LogP contribution in [0.1, 0.15) is 63.1 Å². The van der Waals surface area contributed by atoms with E-state index in [1.165, 1.54) is 12.0 Å². The lowest BCUT2D eigenvalue weighted by Gasteiger charge is -2.24. The van der Waals surface area contributed by atoms with Crippen LogP contribution in [-0.4, -0.2) is 23.9 Å².